The van der Waals surface area contributed by atoms with Crippen molar-refractivity contribution in [1.29, 1.82) is 0 Å². The summed E-state index contributed by atoms with van der Waals surface area (Å²) >= 11 is 6.17. The second kappa shape index (κ2) is 9.32. The summed E-state index contributed by atoms with van der Waals surface area (Å²) in [5.74, 6) is -0.366. The van der Waals surface area contributed by atoms with Crippen LogP contribution >= 0.6 is 11.6 Å². The molecule has 1 atom stereocenters. The predicted octanol–water partition coefficient (Wildman–Crippen LogP) is 5.33. The summed E-state index contributed by atoms with van der Waals surface area (Å²) in [6.07, 6.45) is 0.698. The molecule has 0 fully saturated rings. The Morgan fingerprint density at radius 1 is 1.00 bits per heavy atom. The highest BCUT2D eigenvalue weighted by atomic mass is 35.5. The Morgan fingerprint density at radius 3 is 2.33 bits per heavy atom. The van der Waals surface area contributed by atoms with Gasteiger partial charge in [-0.15, -0.1) is 0 Å². The topological polar surface area (TPSA) is 75.3 Å². The molecule has 7 heteroatoms. The number of carbonyl (C=O) groups excluding carboxylic acids is 1. The molecule has 30 heavy (non-hydrogen) atoms. The summed E-state index contributed by atoms with van der Waals surface area (Å²) in [4.78, 5) is 12.7. The van der Waals surface area contributed by atoms with Crippen molar-refractivity contribution < 1.29 is 13.2 Å². The molecule has 0 saturated heterocycles. The largest absolute Gasteiger partial charge is 0.345 e. The molecule has 0 aromatic heterocycles. The SMILES string of the molecule is CC[C@@H](NC(=O)c1ccc(Cl)c(S(=O)(=O)Nc2ccccc2C)c1)c1ccccc1. The van der Waals surface area contributed by atoms with Crippen molar-refractivity contribution in [2.45, 2.75) is 31.2 Å². The highest BCUT2D eigenvalue weighted by molar-refractivity contribution is 7.92. The van der Waals surface area contributed by atoms with Crippen LogP contribution < -0.4 is 10.0 Å². The van der Waals surface area contributed by atoms with Gasteiger partial charge in [0.25, 0.3) is 15.9 Å². The minimum atomic E-state index is -3.97. The van der Waals surface area contributed by atoms with Crippen LogP contribution in [-0.4, -0.2) is 14.3 Å². The lowest BCUT2D eigenvalue weighted by Crippen LogP contribution is -2.28. The Kier molecular flexibility index (Phi) is 6.80. The van der Waals surface area contributed by atoms with E-state index >= 15 is 0 Å². The molecule has 0 radical (unpaired) electrons. The normalized spacial score (nSPS) is 12.2. The number of rotatable bonds is 7. The second-order valence-electron chi connectivity index (χ2n) is 6.91. The lowest BCUT2D eigenvalue weighted by molar-refractivity contribution is 0.0935. The molecule has 1 amide bonds. The third-order valence-electron chi connectivity index (χ3n) is 4.79. The maximum absolute atomic E-state index is 12.9. The van der Waals surface area contributed by atoms with Crippen LogP contribution in [0.5, 0.6) is 0 Å². The zero-order valence-corrected chi connectivity index (χ0v) is 18.3. The molecule has 5 nitrogen and oxygen atoms in total. The Morgan fingerprint density at radius 2 is 1.67 bits per heavy atom. The number of amides is 1. The first-order valence-corrected chi connectivity index (χ1v) is 11.4. The molecule has 0 aliphatic heterocycles. The molecule has 0 spiro atoms. The smallest absolute Gasteiger partial charge is 0.263 e. The number of sulfonamides is 1. The van der Waals surface area contributed by atoms with Crippen molar-refractivity contribution in [2.24, 2.45) is 0 Å². The summed E-state index contributed by atoms with van der Waals surface area (Å²) in [6, 6.07) is 20.7. The van der Waals surface area contributed by atoms with E-state index in [1.54, 1.807) is 25.1 Å². The van der Waals surface area contributed by atoms with Gasteiger partial charge in [-0.25, -0.2) is 8.42 Å². The first-order chi connectivity index (χ1) is 14.3. The lowest BCUT2D eigenvalue weighted by Gasteiger charge is -2.18. The number of para-hydroxylation sites is 1. The number of hydrogen-bond donors (Lipinski definition) is 2. The van der Waals surface area contributed by atoms with Gasteiger partial charge in [-0.05, 0) is 48.7 Å². The quantitative estimate of drug-likeness (QED) is 0.519. The first-order valence-electron chi connectivity index (χ1n) is 9.55. The summed E-state index contributed by atoms with van der Waals surface area (Å²) in [5, 5.41) is 3.00. The summed E-state index contributed by atoms with van der Waals surface area (Å²) in [5.41, 5.74) is 2.44. The fourth-order valence-corrected chi connectivity index (χ4v) is 4.74. The van der Waals surface area contributed by atoms with Gasteiger partial charge in [-0.3, -0.25) is 9.52 Å². The maximum Gasteiger partial charge on any atom is 0.263 e. The van der Waals surface area contributed by atoms with Crippen molar-refractivity contribution >= 4 is 33.2 Å². The van der Waals surface area contributed by atoms with Gasteiger partial charge >= 0.3 is 0 Å². The van der Waals surface area contributed by atoms with Crippen molar-refractivity contribution in [1.82, 2.24) is 5.32 Å². The Bertz CT molecular complexity index is 1150. The average molecular weight is 443 g/mol. The first kappa shape index (κ1) is 21.9. The molecule has 0 bridgehead atoms. The van der Waals surface area contributed by atoms with Gasteiger partial charge in [0.05, 0.1) is 16.8 Å². The van der Waals surface area contributed by atoms with E-state index in [0.717, 1.165) is 11.1 Å². The van der Waals surface area contributed by atoms with Gasteiger partial charge in [-0.2, -0.15) is 0 Å². The molecule has 0 aliphatic rings. The van der Waals surface area contributed by atoms with Crippen LogP contribution in [0.3, 0.4) is 0 Å². The Labute approximate surface area is 182 Å². The fourth-order valence-electron chi connectivity index (χ4n) is 3.09. The van der Waals surface area contributed by atoms with Gasteiger partial charge in [0.15, 0.2) is 0 Å². The number of anilines is 1. The van der Waals surface area contributed by atoms with Crippen molar-refractivity contribution in [3.05, 3.63) is 94.5 Å². The molecule has 0 unspecified atom stereocenters. The third kappa shape index (κ3) is 5.01. The van der Waals surface area contributed by atoms with Gasteiger partial charge in [0.2, 0.25) is 0 Å². The molecule has 2 N–H and O–H groups in total. The van der Waals surface area contributed by atoms with Gasteiger partial charge in [0.1, 0.15) is 4.90 Å². The second-order valence-corrected chi connectivity index (χ2v) is 8.97. The third-order valence-corrected chi connectivity index (χ3v) is 6.63. The van der Waals surface area contributed by atoms with Crippen LogP contribution in [0.1, 0.15) is 40.9 Å². The van der Waals surface area contributed by atoms with E-state index in [1.165, 1.54) is 18.2 Å². The molecule has 0 saturated carbocycles. The lowest BCUT2D eigenvalue weighted by atomic mass is 10.0. The summed E-state index contributed by atoms with van der Waals surface area (Å²) in [6.45, 7) is 3.78. The molecule has 156 valence electrons. The number of halogens is 1. The van der Waals surface area contributed by atoms with E-state index in [4.69, 9.17) is 11.6 Å². The van der Waals surface area contributed by atoms with Crippen LogP contribution in [0.15, 0.2) is 77.7 Å². The van der Waals surface area contributed by atoms with E-state index in [0.29, 0.717) is 12.1 Å². The molecular weight excluding hydrogens is 420 g/mol. The van der Waals surface area contributed by atoms with Crippen molar-refractivity contribution in [3.63, 3.8) is 0 Å². The van der Waals surface area contributed by atoms with Crippen LogP contribution in [0.2, 0.25) is 5.02 Å². The van der Waals surface area contributed by atoms with Crippen LogP contribution in [-0.2, 0) is 10.0 Å². The molecule has 3 aromatic rings. The monoisotopic (exact) mass is 442 g/mol. The molecule has 0 aliphatic carbocycles. The highest BCUT2D eigenvalue weighted by Crippen LogP contribution is 2.27. The highest BCUT2D eigenvalue weighted by Gasteiger charge is 2.22. The molecular formula is C23H23ClN2O3S. The summed E-state index contributed by atoms with van der Waals surface area (Å²) < 4.78 is 28.4. The molecule has 3 aromatic carbocycles. The van der Waals surface area contributed by atoms with E-state index in [-0.39, 0.29) is 27.4 Å². The predicted molar refractivity (Wildman–Crippen MR) is 120 cm³/mol. The summed E-state index contributed by atoms with van der Waals surface area (Å²) in [7, 11) is -3.97. The van der Waals surface area contributed by atoms with Gasteiger partial charge in [-0.1, -0.05) is 67.1 Å². The van der Waals surface area contributed by atoms with E-state index < -0.39 is 10.0 Å². The Balaban J connectivity index is 1.87. The van der Waals surface area contributed by atoms with Gasteiger partial charge < -0.3 is 5.32 Å². The molecule has 3 rings (SSSR count). The zero-order chi connectivity index (χ0) is 21.7. The minimum absolute atomic E-state index is 0.0442. The molecule has 0 heterocycles. The fraction of sp³-hybridized carbons (Fsp3) is 0.174. The van der Waals surface area contributed by atoms with Gasteiger partial charge in [0, 0.05) is 5.56 Å². The van der Waals surface area contributed by atoms with Crippen LogP contribution in [0.4, 0.5) is 5.69 Å². The van der Waals surface area contributed by atoms with E-state index in [1.807, 2.05) is 43.3 Å². The van der Waals surface area contributed by atoms with Crippen molar-refractivity contribution in [2.75, 3.05) is 4.72 Å². The maximum atomic E-state index is 12.9. The standard InChI is InChI=1S/C23H23ClN2O3S/c1-3-20(17-10-5-4-6-11-17)25-23(27)18-13-14-19(24)22(15-18)30(28,29)26-21-12-8-7-9-16(21)2/h4-15,20,26H,3H2,1-2H3,(H,25,27)/t20-/m1/s1. The van der Waals surface area contributed by atoms with Crippen LogP contribution in [0, 0.1) is 6.92 Å². The average Bonchev–Trinajstić information content (AvgIpc) is 2.74. The number of nitrogens with one attached hydrogen (secondary N) is 2. The Hall–Kier alpha value is -2.83. The number of hydrogen-bond acceptors (Lipinski definition) is 3. The zero-order valence-electron chi connectivity index (χ0n) is 16.7. The number of benzene rings is 3. The van der Waals surface area contributed by atoms with E-state index in [9.17, 15) is 13.2 Å². The van der Waals surface area contributed by atoms with Crippen molar-refractivity contribution in [3.8, 4) is 0 Å². The number of carbonyl (C=O) groups is 1. The van der Waals surface area contributed by atoms with Crippen LogP contribution in [0.25, 0.3) is 0 Å². The van der Waals surface area contributed by atoms with E-state index in [2.05, 4.69) is 10.0 Å². The minimum Gasteiger partial charge on any atom is -0.345 e. The number of aryl methyl sites for hydroxylation is 1.